The van der Waals surface area contributed by atoms with Crippen molar-refractivity contribution >= 4 is 39.0 Å². The van der Waals surface area contributed by atoms with Crippen LogP contribution >= 0.6 is 23.1 Å². The van der Waals surface area contributed by atoms with Gasteiger partial charge in [0, 0.05) is 18.3 Å². The summed E-state index contributed by atoms with van der Waals surface area (Å²) in [6.07, 6.45) is 2.06. The maximum Gasteiger partial charge on any atom is 0.150 e. The summed E-state index contributed by atoms with van der Waals surface area (Å²) >= 11 is 3.43. The number of nitrogens with one attached hydrogen (secondary N) is 1. The van der Waals surface area contributed by atoms with Gasteiger partial charge in [-0.2, -0.15) is 0 Å². The first-order valence-electron chi connectivity index (χ1n) is 6.01. The smallest absolute Gasteiger partial charge is 0.150 e. The quantitative estimate of drug-likeness (QED) is 0.816. The number of hydrogen-bond donors (Lipinski definition) is 1. The molecule has 0 bridgehead atoms. The summed E-state index contributed by atoms with van der Waals surface area (Å²) in [7, 11) is 0. The average Bonchev–Trinajstić information content (AvgIpc) is 2.78. The van der Waals surface area contributed by atoms with Gasteiger partial charge in [0.25, 0.3) is 0 Å². The molecule has 0 aliphatic rings. The highest BCUT2D eigenvalue weighted by Gasteiger charge is 2.06. The molecule has 5 heteroatoms. The Morgan fingerprint density at radius 3 is 3.06 bits per heavy atom. The number of nitrogens with zero attached hydrogens (tertiary/aromatic N) is 1. The fourth-order valence-corrected chi connectivity index (χ4v) is 3.23. The van der Waals surface area contributed by atoms with E-state index >= 15 is 0 Å². The van der Waals surface area contributed by atoms with E-state index in [9.17, 15) is 0 Å². The van der Waals surface area contributed by atoms with Crippen molar-refractivity contribution in [1.29, 1.82) is 0 Å². The van der Waals surface area contributed by atoms with Crippen molar-refractivity contribution < 1.29 is 4.74 Å². The molecule has 0 saturated carbocycles. The van der Waals surface area contributed by atoms with Crippen LogP contribution in [-0.2, 0) is 4.74 Å². The lowest BCUT2D eigenvalue weighted by Gasteiger charge is -2.14. The normalized spacial score (nSPS) is 12.8. The van der Waals surface area contributed by atoms with Crippen LogP contribution in [0.2, 0.25) is 0 Å². The molecule has 0 aliphatic heterocycles. The van der Waals surface area contributed by atoms with E-state index in [0.29, 0.717) is 6.04 Å². The summed E-state index contributed by atoms with van der Waals surface area (Å²) in [4.78, 5) is 4.53. The summed E-state index contributed by atoms with van der Waals surface area (Å²) < 4.78 is 7.75. The van der Waals surface area contributed by atoms with Crippen LogP contribution in [0.1, 0.15) is 13.8 Å². The minimum Gasteiger partial charge on any atom is -0.380 e. The molecule has 98 valence electrons. The summed E-state index contributed by atoms with van der Waals surface area (Å²) in [5.41, 5.74) is 2.21. The van der Waals surface area contributed by atoms with Gasteiger partial charge < -0.3 is 10.1 Å². The highest BCUT2D eigenvalue weighted by Crippen LogP contribution is 2.30. The lowest BCUT2D eigenvalue weighted by Crippen LogP contribution is -2.21. The zero-order valence-electron chi connectivity index (χ0n) is 10.9. The predicted octanol–water partition coefficient (Wildman–Crippen LogP) is 3.86. The molecular weight excluding hydrogens is 264 g/mol. The van der Waals surface area contributed by atoms with Crippen LogP contribution in [-0.4, -0.2) is 30.5 Å². The Balaban J connectivity index is 2.09. The second-order valence-electron chi connectivity index (χ2n) is 4.07. The average molecular weight is 282 g/mol. The second-order valence-corrected chi connectivity index (χ2v) is 6.16. The molecule has 0 radical (unpaired) electrons. The summed E-state index contributed by atoms with van der Waals surface area (Å²) in [6, 6.07) is 6.63. The molecule has 1 aromatic carbocycles. The van der Waals surface area contributed by atoms with E-state index in [-0.39, 0.29) is 0 Å². The highest BCUT2D eigenvalue weighted by molar-refractivity contribution is 8.00. The molecule has 1 atom stereocenters. The molecule has 2 rings (SSSR count). The predicted molar refractivity (Wildman–Crippen MR) is 81.0 cm³/mol. The van der Waals surface area contributed by atoms with E-state index in [1.54, 1.807) is 23.1 Å². The van der Waals surface area contributed by atoms with Crippen molar-refractivity contribution in [2.45, 2.75) is 24.2 Å². The molecule has 1 unspecified atom stereocenters. The van der Waals surface area contributed by atoms with Crippen molar-refractivity contribution in [1.82, 2.24) is 4.98 Å². The number of thiazole rings is 1. The molecule has 2 aromatic rings. The zero-order chi connectivity index (χ0) is 13.0. The van der Waals surface area contributed by atoms with E-state index in [1.807, 2.05) is 6.92 Å². The Kier molecular flexibility index (Phi) is 4.86. The van der Waals surface area contributed by atoms with Gasteiger partial charge in [0.15, 0.2) is 4.34 Å². The molecule has 1 N–H and O–H groups in total. The van der Waals surface area contributed by atoms with E-state index in [4.69, 9.17) is 4.74 Å². The largest absolute Gasteiger partial charge is 0.380 e. The SMILES string of the molecule is CCOCC(C)Nc1ccc2nc(SC)sc2c1. The van der Waals surface area contributed by atoms with Gasteiger partial charge in [0.2, 0.25) is 0 Å². The molecule has 0 fully saturated rings. The monoisotopic (exact) mass is 282 g/mol. The van der Waals surface area contributed by atoms with Crippen molar-refractivity contribution in [2.75, 3.05) is 24.8 Å². The van der Waals surface area contributed by atoms with Gasteiger partial charge in [-0.1, -0.05) is 11.8 Å². The fraction of sp³-hybridized carbons (Fsp3) is 0.462. The maximum absolute atomic E-state index is 5.40. The first-order valence-corrected chi connectivity index (χ1v) is 8.06. The van der Waals surface area contributed by atoms with Crippen molar-refractivity contribution in [3.63, 3.8) is 0 Å². The van der Waals surface area contributed by atoms with Crippen LogP contribution in [0.4, 0.5) is 5.69 Å². The number of benzene rings is 1. The molecule has 0 spiro atoms. The van der Waals surface area contributed by atoms with Crippen LogP contribution in [0.25, 0.3) is 10.2 Å². The first kappa shape index (κ1) is 13.6. The Bertz CT molecular complexity index is 513. The second kappa shape index (κ2) is 6.41. The maximum atomic E-state index is 5.40. The molecule has 1 heterocycles. The Labute approximate surface area is 116 Å². The lowest BCUT2D eigenvalue weighted by atomic mass is 10.2. The number of thioether (sulfide) groups is 1. The highest BCUT2D eigenvalue weighted by atomic mass is 32.2. The molecule has 0 saturated heterocycles. The minimum atomic E-state index is 0.315. The van der Waals surface area contributed by atoms with Crippen molar-refractivity contribution in [3.05, 3.63) is 18.2 Å². The Morgan fingerprint density at radius 2 is 2.33 bits per heavy atom. The molecular formula is C13H18N2OS2. The van der Waals surface area contributed by atoms with E-state index < -0.39 is 0 Å². The topological polar surface area (TPSA) is 34.1 Å². The third kappa shape index (κ3) is 3.37. The Hall–Kier alpha value is -0.780. The third-order valence-electron chi connectivity index (χ3n) is 2.53. The van der Waals surface area contributed by atoms with Gasteiger partial charge in [-0.3, -0.25) is 0 Å². The summed E-state index contributed by atoms with van der Waals surface area (Å²) in [6.45, 7) is 5.63. The van der Waals surface area contributed by atoms with E-state index in [2.05, 4.69) is 41.7 Å². The summed E-state index contributed by atoms with van der Waals surface area (Å²) in [5.74, 6) is 0. The third-order valence-corrected chi connectivity index (χ3v) is 4.53. The number of aromatic nitrogens is 1. The molecule has 0 amide bonds. The number of rotatable bonds is 6. The number of hydrogen-bond acceptors (Lipinski definition) is 5. The molecule has 3 nitrogen and oxygen atoms in total. The number of fused-ring (bicyclic) bond motifs is 1. The van der Waals surface area contributed by atoms with Gasteiger partial charge in [0.05, 0.1) is 16.8 Å². The number of anilines is 1. The van der Waals surface area contributed by atoms with E-state index in [1.165, 1.54) is 4.70 Å². The molecule has 1 aromatic heterocycles. The van der Waals surface area contributed by atoms with Gasteiger partial charge in [0.1, 0.15) is 0 Å². The molecule has 0 aliphatic carbocycles. The molecule has 18 heavy (non-hydrogen) atoms. The van der Waals surface area contributed by atoms with Gasteiger partial charge in [-0.15, -0.1) is 11.3 Å². The Morgan fingerprint density at radius 1 is 1.50 bits per heavy atom. The zero-order valence-corrected chi connectivity index (χ0v) is 12.5. The van der Waals surface area contributed by atoms with Crippen LogP contribution in [0.5, 0.6) is 0 Å². The standard InChI is InChI=1S/C13H18N2OS2/c1-4-16-8-9(2)14-10-5-6-11-12(7-10)18-13(15-11)17-3/h5-7,9,14H,4,8H2,1-3H3. The van der Waals surface area contributed by atoms with Gasteiger partial charge >= 0.3 is 0 Å². The number of ether oxygens (including phenoxy) is 1. The van der Waals surface area contributed by atoms with E-state index in [0.717, 1.165) is 28.8 Å². The summed E-state index contributed by atoms with van der Waals surface area (Å²) in [5, 5.41) is 3.44. The van der Waals surface area contributed by atoms with Crippen LogP contribution < -0.4 is 5.32 Å². The van der Waals surface area contributed by atoms with Gasteiger partial charge in [-0.25, -0.2) is 4.98 Å². The van der Waals surface area contributed by atoms with Crippen LogP contribution in [0.3, 0.4) is 0 Å². The van der Waals surface area contributed by atoms with Crippen molar-refractivity contribution in [2.24, 2.45) is 0 Å². The first-order chi connectivity index (χ1) is 8.72. The van der Waals surface area contributed by atoms with Crippen LogP contribution in [0, 0.1) is 0 Å². The van der Waals surface area contributed by atoms with Crippen molar-refractivity contribution in [3.8, 4) is 0 Å². The fourth-order valence-electron chi connectivity index (χ4n) is 1.70. The van der Waals surface area contributed by atoms with Crippen LogP contribution in [0.15, 0.2) is 22.5 Å². The lowest BCUT2D eigenvalue weighted by molar-refractivity contribution is 0.141. The minimum absolute atomic E-state index is 0.315. The van der Waals surface area contributed by atoms with Gasteiger partial charge in [-0.05, 0) is 38.3 Å².